The molecule has 1 aliphatic rings. The van der Waals surface area contributed by atoms with E-state index in [1.165, 1.54) is 25.3 Å². The molecule has 5 N–H and O–H groups in total. The third-order valence-electron chi connectivity index (χ3n) is 6.24. The molecule has 0 bridgehead atoms. The van der Waals surface area contributed by atoms with E-state index in [1.807, 2.05) is 0 Å². The molecule has 2 heterocycles. The number of aliphatic carboxylic acids is 1. The van der Waals surface area contributed by atoms with Crippen LogP contribution in [0.4, 0.5) is 0 Å². The number of carboxylic acids is 1. The highest BCUT2D eigenvalue weighted by molar-refractivity contribution is 5.94. The summed E-state index contributed by atoms with van der Waals surface area (Å²) in [5.41, 5.74) is -0.420. The summed E-state index contributed by atoms with van der Waals surface area (Å²) in [7, 11) is 1.35. The lowest BCUT2D eigenvalue weighted by atomic mass is 9.85. The maximum absolute atomic E-state index is 13.2. The fourth-order valence-electron chi connectivity index (χ4n) is 4.49. The lowest BCUT2D eigenvalue weighted by molar-refractivity contribution is -0.139. The van der Waals surface area contributed by atoms with Crippen LogP contribution in [0.3, 0.4) is 0 Å². The zero-order valence-electron chi connectivity index (χ0n) is 20.1. The average molecular weight is 536 g/mol. The van der Waals surface area contributed by atoms with E-state index in [2.05, 4.69) is 0 Å². The van der Waals surface area contributed by atoms with Gasteiger partial charge >= 0.3 is 11.9 Å². The monoisotopic (exact) mass is 536 g/mol. The van der Waals surface area contributed by atoms with Crippen molar-refractivity contribution < 1.29 is 53.7 Å². The molecule has 12 heteroatoms. The second-order valence-electron chi connectivity index (χ2n) is 8.65. The second-order valence-corrected chi connectivity index (χ2v) is 8.65. The minimum Gasteiger partial charge on any atom is -0.507 e. The number of fused-ring (bicyclic) bond motifs is 3. The number of benzene rings is 3. The van der Waals surface area contributed by atoms with Crippen LogP contribution in [0.5, 0.6) is 40.2 Å². The summed E-state index contributed by atoms with van der Waals surface area (Å²) >= 11 is 0. The van der Waals surface area contributed by atoms with Crippen molar-refractivity contribution in [3.8, 4) is 51.6 Å². The molecule has 0 unspecified atom stereocenters. The summed E-state index contributed by atoms with van der Waals surface area (Å²) in [4.78, 5) is 36.6. The van der Waals surface area contributed by atoms with Gasteiger partial charge in [0.15, 0.2) is 35.4 Å². The van der Waals surface area contributed by atoms with Crippen molar-refractivity contribution in [1.29, 1.82) is 0 Å². The molecule has 3 aromatic carbocycles. The topological polar surface area (TPSA) is 193 Å². The van der Waals surface area contributed by atoms with Gasteiger partial charge < -0.3 is 44.2 Å². The maximum Gasteiger partial charge on any atom is 0.341 e. The highest BCUT2D eigenvalue weighted by Crippen LogP contribution is 2.48. The minimum atomic E-state index is -1.19. The molecule has 0 fully saturated rings. The van der Waals surface area contributed by atoms with E-state index in [1.54, 1.807) is 6.07 Å². The van der Waals surface area contributed by atoms with Gasteiger partial charge in [0.25, 0.3) is 0 Å². The predicted octanol–water partition coefficient (Wildman–Crippen LogP) is 3.20. The van der Waals surface area contributed by atoms with Crippen LogP contribution in [0, 0.1) is 0 Å². The molecule has 0 spiro atoms. The van der Waals surface area contributed by atoms with Crippen molar-refractivity contribution >= 4 is 22.9 Å². The second kappa shape index (κ2) is 9.49. The van der Waals surface area contributed by atoms with Gasteiger partial charge in [-0.05, 0) is 35.9 Å². The lowest BCUT2D eigenvalue weighted by Crippen LogP contribution is -2.22. The minimum absolute atomic E-state index is 0.0462. The molecule has 1 atom stereocenters. The molecule has 5 rings (SSSR count). The highest BCUT2D eigenvalue weighted by Gasteiger charge is 2.35. The number of esters is 1. The number of aromatic hydroxyl groups is 4. The van der Waals surface area contributed by atoms with Gasteiger partial charge in [-0.1, -0.05) is 6.07 Å². The van der Waals surface area contributed by atoms with E-state index in [0.29, 0.717) is 5.56 Å². The number of rotatable bonds is 6. The van der Waals surface area contributed by atoms with Crippen molar-refractivity contribution in [1.82, 2.24) is 0 Å². The number of carbonyl (C=O) groups excluding carboxylic acids is 1. The third kappa shape index (κ3) is 4.37. The Morgan fingerprint density at radius 3 is 2.44 bits per heavy atom. The molecule has 200 valence electrons. The molecular formula is C27H20O12. The quantitative estimate of drug-likeness (QED) is 0.137. The number of ether oxygens (including phenoxy) is 3. The Morgan fingerprint density at radius 2 is 1.74 bits per heavy atom. The number of carbonyl (C=O) groups is 2. The van der Waals surface area contributed by atoms with Crippen molar-refractivity contribution in [3.05, 3.63) is 63.8 Å². The van der Waals surface area contributed by atoms with Crippen LogP contribution in [-0.2, 0) is 9.59 Å². The first kappa shape index (κ1) is 25.3. The van der Waals surface area contributed by atoms with Crippen LogP contribution >= 0.6 is 0 Å². The molecule has 0 amide bonds. The Balaban J connectivity index is 1.75. The molecule has 4 aromatic rings. The zero-order valence-corrected chi connectivity index (χ0v) is 20.1. The smallest absolute Gasteiger partial charge is 0.341 e. The standard InChI is InChI=1S/C27H20O12/c1-36-18-7-11(3-5-17(18)37-10-20(31)32)13-8-21(33)38-19-9-16(30)23-24(34)25(35)26(39-27(23)22(13)19)12-2-4-14(28)15(29)6-12/h2-7,9,13,28-30,35H,8,10H2,1H3,(H,31,32)/t13-/m0/s1. The Morgan fingerprint density at radius 1 is 0.974 bits per heavy atom. The molecule has 0 radical (unpaired) electrons. The van der Waals surface area contributed by atoms with Crippen molar-refractivity contribution in [2.45, 2.75) is 12.3 Å². The van der Waals surface area contributed by atoms with Gasteiger partial charge in [0.2, 0.25) is 11.2 Å². The summed E-state index contributed by atoms with van der Waals surface area (Å²) in [6.07, 6.45) is -0.203. The van der Waals surface area contributed by atoms with Gasteiger partial charge in [-0.3, -0.25) is 9.59 Å². The Bertz CT molecular complexity index is 1720. The van der Waals surface area contributed by atoms with E-state index >= 15 is 0 Å². The van der Waals surface area contributed by atoms with Crippen LogP contribution in [-0.4, -0.2) is 51.2 Å². The Labute approximate surface area is 218 Å². The van der Waals surface area contributed by atoms with Crippen LogP contribution in [0.1, 0.15) is 23.5 Å². The van der Waals surface area contributed by atoms with E-state index < -0.39 is 52.9 Å². The van der Waals surface area contributed by atoms with Gasteiger partial charge in [-0.2, -0.15) is 0 Å². The summed E-state index contributed by atoms with van der Waals surface area (Å²) < 4.78 is 21.9. The molecule has 1 aliphatic heterocycles. The fourth-order valence-corrected chi connectivity index (χ4v) is 4.49. The maximum atomic E-state index is 13.2. The van der Waals surface area contributed by atoms with Crippen LogP contribution in [0.2, 0.25) is 0 Å². The highest BCUT2D eigenvalue weighted by atomic mass is 16.5. The summed E-state index contributed by atoms with van der Waals surface area (Å²) in [6.45, 7) is -0.609. The SMILES string of the molecule is COc1cc([C@@H]2CC(=O)Oc3cc(O)c4c(=O)c(O)c(-c5ccc(O)c(O)c5)oc4c32)ccc1OCC(=O)O. The Hall–Kier alpha value is -5.39. The summed E-state index contributed by atoms with van der Waals surface area (Å²) in [5, 5.41) is 49.4. The Kier molecular flexibility index (Phi) is 6.15. The van der Waals surface area contributed by atoms with Gasteiger partial charge in [-0.15, -0.1) is 0 Å². The first-order valence-corrected chi connectivity index (χ1v) is 11.4. The van der Waals surface area contributed by atoms with Gasteiger partial charge in [0, 0.05) is 23.1 Å². The fraction of sp³-hybridized carbons (Fsp3) is 0.148. The molecule has 0 aliphatic carbocycles. The number of hydrogen-bond acceptors (Lipinski definition) is 11. The number of methoxy groups -OCH3 is 1. The van der Waals surface area contributed by atoms with Crippen LogP contribution < -0.4 is 19.6 Å². The van der Waals surface area contributed by atoms with E-state index in [0.717, 1.165) is 18.2 Å². The molecule has 12 nitrogen and oxygen atoms in total. The van der Waals surface area contributed by atoms with Crippen molar-refractivity contribution in [2.24, 2.45) is 0 Å². The molecule has 1 aromatic heterocycles. The predicted molar refractivity (Wildman–Crippen MR) is 133 cm³/mol. The van der Waals surface area contributed by atoms with Crippen molar-refractivity contribution in [3.63, 3.8) is 0 Å². The molecule has 0 saturated carbocycles. The summed E-state index contributed by atoms with van der Waals surface area (Å²) in [5.74, 6) is -5.16. The number of phenolic OH excluding ortho intramolecular Hbond substituents is 3. The molecule has 0 saturated heterocycles. The van der Waals surface area contributed by atoms with Gasteiger partial charge in [-0.25, -0.2) is 4.79 Å². The molecular weight excluding hydrogens is 516 g/mol. The van der Waals surface area contributed by atoms with E-state index in [-0.39, 0.29) is 51.5 Å². The average Bonchev–Trinajstić information content (AvgIpc) is 2.90. The van der Waals surface area contributed by atoms with E-state index in [9.17, 15) is 34.8 Å². The third-order valence-corrected chi connectivity index (χ3v) is 6.24. The number of carboxylic acid groups (broad SMARTS) is 1. The van der Waals surface area contributed by atoms with E-state index in [4.69, 9.17) is 23.7 Å². The number of phenols is 3. The summed E-state index contributed by atoms with van der Waals surface area (Å²) in [6, 6.07) is 9.15. The van der Waals surface area contributed by atoms with Crippen molar-refractivity contribution in [2.75, 3.05) is 13.7 Å². The first-order chi connectivity index (χ1) is 18.6. The number of hydrogen-bond donors (Lipinski definition) is 5. The van der Waals surface area contributed by atoms with Gasteiger partial charge in [0.05, 0.1) is 13.5 Å². The first-order valence-electron chi connectivity index (χ1n) is 11.4. The molecule has 39 heavy (non-hydrogen) atoms. The zero-order chi connectivity index (χ0) is 28.0. The normalized spacial score (nSPS) is 14.5. The van der Waals surface area contributed by atoms with Gasteiger partial charge in [0.1, 0.15) is 22.5 Å². The lowest BCUT2D eigenvalue weighted by Gasteiger charge is -2.26. The van der Waals surface area contributed by atoms with Crippen LogP contribution in [0.15, 0.2) is 51.7 Å². The largest absolute Gasteiger partial charge is 0.507 e. The van der Waals surface area contributed by atoms with Crippen LogP contribution in [0.25, 0.3) is 22.3 Å².